The van der Waals surface area contributed by atoms with E-state index in [-0.39, 0.29) is 11.5 Å². The van der Waals surface area contributed by atoms with Gasteiger partial charge in [-0.05, 0) is 43.4 Å². The van der Waals surface area contributed by atoms with Crippen molar-refractivity contribution in [2.45, 2.75) is 37.2 Å². The highest BCUT2D eigenvalue weighted by Gasteiger charge is 2.49. The normalized spacial score (nSPS) is 17.8. The summed E-state index contributed by atoms with van der Waals surface area (Å²) >= 11 is 0. The second kappa shape index (κ2) is 13.9. The molecule has 1 atom stereocenters. The number of aromatic nitrogens is 2. The van der Waals surface area contributed by atoms with Gasteiger partial charge in [0.1, 0.15) is 5.60 Å². The predicted octanol–water partition coefficient (Wildman–Crippen LogP) is 3.83. The Hall–Kier alpha value is -3.95. The zero-order valence-corrected chi connectivity index (χ0v) is 20.7. The first-order chi connectivity index (χ1) is 18.6. The summed E-state index contributed by atoms with van der Waals surface area (Å²) in [5, 5.41) is 14.2. The zero-order valence-electron chi connectivity index (χ0n) is 20.7. The highest BCUT2D eigenvalue weighted by molar-refractivity contribution is 5.94. The SMILES string of the molecule is O=C(O)C(F)(F)F.O=C(O)C(F)(F)F.O=C(c1ccncc1)N1CC2(CC(CCOc3ccccn3)CCO2)C1. The molecule has 2 fully saturated rings. The molecule has 0 saturated carbocycles. The number of likely N-dealkylation sites (tertiary alicyclic amines) is 1. The summed E-state index contributed by atoms with van der Waals surface area (Å²) in [6, 6.07) is 9.19. The van der Waals surface area contributed by atoms with Crippen molar-refractivity contribution in [3.05, 3.63) is 54.5 Å². The Morgan fingerprint density at radius 2 is 1.55 bits per heavy atom. The molecular formula is C24H25F6N3O7. The van der Waals surface area contributed by atoms with E-state index in [0.717, 1.165) is 25.9 Å². The lowest BCUT2D eigenvalue weighted by Crippen LogP contribution is -2.66. The summed E-state index contributed by atoms with van der Waals surface area (Å²) in [6.45, 7) is 2.76. The van der Waals surface area contributed by atoms with Crippen LogP contribution in [0, 0.1) is 5.92 Å². The average molecular weight is 581 g/mol. The molecule has 2 aromatic rings. The number of rotatable bonds is 5. The fraction of sp³-hybridized carbons (Fsp3) is 0.458. The topological polar surface area (TPSA) is 139 Å². The van der Waals surface area contributed by atoms with E-state index in [1.807, 2.05) is 23.1 Å². The minimum absolute atomic E-state index is 0.0576. The van der Waals surface area contributed by atoms with Crippen LogP contribution in [0.15, 0.2) is 48.9 Å². The minimum Gasteiger partial charge on any atom is -0.478 e. The molecule has 2 saturated heterocycles. The van der Waals surface area contributed by atoms with Gasteiger partial charge < -0.3 is 24.6 Å². The number of carbonyl (C=O) groups is 3. The quantitative estimate of drug-likeness (QED) is 0.505. The molecule has 2 N–H and O–H groups in total. The molecule has 0 radical (unpaired) electrons. The van der Waals surface area contributed by atoms with Crippen LogP contribution in [0.5, 0.6) is 5.88 Å². The number of amides is 1. The fourth-order valence-corrected chi connectivity index (χ4v) is 3.83. The van der Waals surface area contributed by atoms with Crippen LogP contribution in [0.25, 0.3) is 0 Å². The lowest BCUT2D eigenvalue weighted by Gasteiger charge is -2.53. The number of carbonyl (C=O) groups excluding carboxylic acids is 1. The zero-order chi connectivity index (χ0) is 30.0. The second-order valence-electron chi connectivity index (χ2n) is 8.70. The summed E-state index contributed by atoms with van der Waals surface area (Å²) < 4.78 is 75.2. The third-order valence-corrected chi connectivity index (χ3v) is 5.67. The van der Waals surface area contributed by atoms with Crippen molar-refractivity contribution in [3.8, 4) is 5.88 Å². The fourth-order valence-electron chi connectivity index (χ4n) is 3.83. The molecule has 10 nitrogen and oxygen atoms in total. The number of hydrogen-bond acceptors (Lipinski definition) is 7. The molecular weight excluding hydrogens is 556 g/mol. The van der Waals surface area contributed by atoms with Crippen LogP contribution in [0.4, 0.5) is 26.3 Å². The molecule has 0 bridgehead atoms. The van der Waals surface area contributed by atoms with E-state index in [4.69, 9.17) is 29.3 Å². The van der Waals surface area contributed by atoms with Crippen LogP contribution < -0.4 is 4.74 Å². The largest absolute Gasteiger partial charge is 0.490 e. The molecule has 16 heteroatoms. The molecule has 2 aliphatic rings. The number of ether oxygens (including phenoxy) is 2. The lowest BCUT2D eigenvalue weighted by molar-refractivity contribution is -0.193. The first-order valence-electron chi connectivity index (χ1n) is 11.6. The number of nitrogens with zero attached hydrogens (tertiary/aromatic N) is 3. The molecule has 1 spiro atoms. The summed E-state index contributed by atoms with van der Waals surface area (Å²) in [4.78, 5) is 40.3. The van der Waals surface area contributed by atoms with Gasteiger partial charge in [0.25, 0.3) is 5.91 Å². The van der Waals surface area contributed by atoms with E-state index < -0.39 is 24.3 Å². The molecule has 4 rings (SSSR count). The third-order valence-electron chi connectivity index (χ3n) is 5.67. The first-order valence-corrected chi connectivity index (χ1v) is 11.6. The van der Waals surface area contributed by atoms with Gasteiger partial charge in [-0.2, -0.15) is 26.3 Å². The Balaban J connectivity index is 0.000000333. The maximum absolute atomic E-state index is 12.5. The maximum Gasteiger partial charge on any atom is 0.490 e. The number of halogens is 6. The third kappa shape index (κ3) is 10.3. The van der Waals surface area contributed by atoms with Gasteiger partial charge in [-0.1, -0.05) is 6.07 Å². The smallest absolute Gasteiger partial charge is 0.478 e. The summed E-state index contributed by atoms with van der Waals surface area (Å²) in [5.41, 5.74) is 0.516. The Labute approximate surface area is 223 Å². The van der Waals surface area contributed by atoms with Crippen LogP contribution in [-0.2, 0) is 14.3 Å². The molecule has 1 amide bonds. The van der Waals surface area contributed by atoms with E-state index in [9.17, 15) is 31.1 Å². The molecule has 0 aromatic carbocycles. The van der Waals surface area contributed by atoms with E-state index in [1.54, 1.807) is 30.7 Å². The van der Waals surface area contributed by atoms with E-state index in [0.29, 0.717) is 37.1 Å². The highest BCUT2D eigenvalue weighted by atomic mass is 19.4. The van der Waals surface area contributed by atoms with Gasteiger partial charge in [0.05, 0.1) is 19.7 Å². The van der Waals surface area contributed by atoms with Crippen LogP contribution in [-0.4, -0.2) is 87.2 Å². The van der Waals surface area contributed by atoms with Gasteiger partial charge >= 0.3 is 24.3 Å². The van der Waals surface area contributed by atoms with Gasteiger partial charge in [0.2, 0.25) is 5.88 Å². The van der Waals surface area contributed by atoms with Gasteiger partial charge in [-0.15, -0.1) is 0 Å². The first kappa shape index (κ1) is 32.3. The van der Waals surface area contributed by atoms with E-state index in [2.05, 4.69) is 9.97 Å². The Morgan fingerprint density at radius 1 is 0.975 bits per heavy atom. The number of carboxylic acid groups (broad SMARTS) is 2. The standard InChI is InChI=1S/C20H23N3O3.2C2HF3O2/c24-19(17-4-9-21-10-5-17)23-14-20(15-23)13-16(7-12-26-20)6-11-25-18-3-1-2-8-22-18;2*3-2(4,5)1(6)7/h1-5,8-10,16H,6-7,11-15H2;2*(H,6,7). The number of pyridine rings is 2. The van der Waals surface area contributed by atoms with E-state index >= 15 is 0 Å². The molecule has 0 aliphatic carbocycles. The van der Waals surface area contributed by atoms with Gasteiger partial charge in [-0.25, -0.2) is 14.6 Å². The lowest BCUT2D eigenvalue weighted by atomic mass is 9.79. The Kier molecular flexibility index (Phi) is 11.2. The molecule has 220 valence electrons. The van der Waals surface area contributed by atoms with Crippen LogP contribution in [0.2, 0.25) is 0 Å². The van der Waals surface area contributed by atoms with Crippen molar-refractivity contribution in [2.75, 3.05) is 26.3 Å². The summed E-state index contributed by atoms with van der Waals surface area (Å²) in [7, 11) is 0. The van der Waals surface area contributed by atoms with Crippen LogP contribution in [0.3, 0.4) is 0 Å². The van der Waals surface area contributed by atoms with Crippen molar-refractivity contribution in [2.24, 2.45) is 5.92 Å². The second-order valence-corrected chi connectivity index (χ2v) is 8.70. The van der Waals surface area contributed by atoms with Gasteiger partial charge in [0.15, 0.2) is 0 Å². The summed E-state index contributed by atoms with van der Waals surface area (Å²) in [5.74, 6) is -4.22. The molecule has 40 heavy (non-hydrogen) atoms. The van der Waals surface area contributed by atoms with Crippen molar-refractivity contribution in [1.82, 2.24) is 14.9 Å². The molecule has 2 aliphatic heterocycles. The van der Waals surface area contributed by atoms with Gasteiger partial charge in [-0.3, -0.25) is 9.78 Å². The van der Waals surface area contributed by atoms with Crippen molar-refractivity contribution in [1.29, 1.82) is 0 Å². The maximum atomic E-state index is 12.5. The summed E-state index contributed by atoms with van der Waals surface area (Å²) in [6.07, 6.45) is -2.11. The number of alkyl halides is 6. The van der Waals surface area contributed by atoms with Gasteiger partial charge in [0, 0.05) is 36.8 Å². The molecule has 1 unspecified atom stereocenters. The van der Waals surface area contributed by atoms with E-state index in [1.165, 1.54) is 0 Å². The highest BCUT2D eigenvalue weighted by Crippen LogP contribution is 2.38. The van der Waals surface area contributed by atoms with Crippen LogP contribution in [0.1, 0.15) is 29.6 Å². The van der Waals surface area contributed by atoms with Crippen molar-refractivity contribution in [3.63, 3.8) is 0 Å². The molecule has 4 heterocycles. The van der Waals surface area contributed by atoms with Crippen molar-refractivity contribution < 1.29 is 60.4 Å². The van der Waals surface area contributed by atoms with Crippen LogP contribution >= 0.6 is 0 Å². The molecule has 2 aromatic heterocycles. The monoisotopic (exact) mass is 581 g/mol. The van der Waals surface area contributed by atoms with Crippen molar-refractivity contribution >= 4 is 17.8 Å². The average Bonchev–Trinajstić information content (AvgIpc) is 2.88. The number of carboxylic acids is 2. The number of hydrogen-bond donors (Lipinski definition) is 2. The Morgan fingerprint density at radius 3 is 2.05 bits per heavy atom. The number of aliphatic carboxylic acids is 2. The predicted molar refractivity (Wildman–Crippen MR) is 123 cm³/mol. The minimum atomic E-state index is -5.08. The Bertz CT molecular complexity index is 1090.